The summed E-state index contributed by atoms with van der Waals surface area (Å²) in [5.74, 6) is 0.540. The summed E-state index contributed by atoms with van der Waals surface area (Å²) >= 11 is 10.6. The number of aromatic nitrogens is 1. The first-order valence-corrected chi connectivity index (χ1v) is 10.9. The Morgan fingerprint density at radius 1 is 0.788 bits per heavy atom. The van der Waals surface area contributed by atoms with Crippen LogP contribution in [-0.4, -0.2) is 21.0 Å². The molecule has 6 nitrogen and oxygen atoms in total. The summed E-state index contributed by atoms with van der Waals surface area (Å²) in [7, 11) is 0. The van der Waals surface area contributed by atoms with E-state index in [1.807, 2.05) is 91.9 Å². The standard InChI is InChI=1S/C25H20N4O2S2/c1-17(29-31-25(33)28-19-11-6-3-7-12-19)20-14-15-22(23-21(20)13-8-16-26-23)30-24(32)27-18-9-4-2-5-10-18/h2-16H,1H3,(H,27,32)(H,28,33)/b29-17-. The number of nitrogens with zero attached hydrogens (tertiary/aromatic N) is 2. The van der Waals surface area contributed by atoms with Crippen LogP contribution in [0.3, 0.4) is 0 Å². The van der Waals surface area contributed by atoms with Crippen molar-refractivity contribution in [3.8, 4) is 5.75 Å². The second kappa shape index (κ2) is 10.6. The zero-order chi connectivity index (χ0) is 23.0. The van der Waals surface area contributed by atoms with Gasteiger partial charge in [-0.2, -0.15) is 0 Å². The van der Waals surface area contributed by atoms with Gasteiger partial charge in [0.1, 0.15) is 5.52 Å². The van der Waals surface area contributed by atoms with Crippen LogP contribution in [0.1, 0.15) is 12.5 Å². The van der Waals surface area contributed by atoms with Gasteiger partial charge in [-0.1, -0.05) is 47.6 Å². The number of thiocarbonyl (C=S) groups is 2. The maximum Gasteiger partial charge on any atom is 0.293 e. The highest BCUT2D eigenvalue weighted by Gasteiger charge is 2.13. The second-order valence-corrected chi connectivity index (χ2v) is 7.68. The van der Waals surface area contributed by atoms with Gasteiger partial charge in [0, 0.05) is 28.5 Å². The fourth-order valence-electron chi connectivity index (χ4n) is 3.13. The van der Waals surface area contributed by atoms with Gasteiger partial charge in [-0.3, -0.25) is 4.98 Å². The van der Waals surface area contributed by atoms with Gasteiger partial charge in [-0.25, -0.2) is 0 Å². The first kappa shape index (κ1) is 22.3. The maximum absolute atomic E-state index is 5.89. The molecule has 0 amide bonds. The van der Waals surface area contributed by atoms with Crippen molar-refractivity contribution in [3.63, 3.8) is 0 Å². The minimum Gasteiger partial charge on any atom is -0.429 e. The number of pyridine rings is 1. The Hall–Kier alpha value is -3.88. The summed E-state index contributed by atoms with van der Waals surface area (Å²) in [6, 6.07) is 26.6. The molecule has 3 aromatic carbocycles. The fourth-order valence-corrected chi connectivity index (χ4v) is 3.49. The van der Waals surface area contributed by atoms with Crippen molar-refractivity contribution in [2.45, 2.75) is 6.92 Å². The molecule has 0 unspecified atom stereocenters. The Morgan fingerprint density at radius 2 is 1.42 bits per heavy atom. The van der Waals surface area contributed by atoms with E-state index in [1.165, 1.54) is 0 Å². The second-order valence-electron chi connectivity index (χ2n) is 6.94. The van der Waals surface area contributed by atoms with Crippen molar-refractivity contribution in [2.24, 2.45) is 5.16 Å². The summed E-state index contributed by atoms with van der Waals surface area (Å²) in [5, 5.41) is 11.5. The van der Waals surface area contributed by atoms with Crippen LogP contribution in [0.5, 0.6) is 5.75 Å². The number of anilines is 2. The molecule has 4 aromatic rings. The quantitative estimate of drug-likeness (QED) is 0.205. The molecule has 0 saturated heterocycles. The fraction of sp³-hybridized carbons (Fsp3) is 0.0400. The number of rotatable bonds is 5. The molecule has 0 aliphatic heterocycles. The van der Waals surface area contributed by atoms with Gasteiger partial charge >= 0.3 is 0 Å². The molecule has 1 heterocycles. The number of para-hydroxylation sites is 2. The molecule has 0 atom stereocenters. The third-order valence-electron chi connectivity index (χ3n) is 4.63. The van der Waals surface area contributed by atoms with E-state index in [-0.39, 0.29) is 10.3 Å². The van der Waals surface area contributed by atoms with E-state index in [0.717, 1.165) is 22.3 Å². The summed E-state index contributed by atoms with van der Waals surface area (Å²) in [6.45, 7) is 1.84. The van der Waals surface area contributed by atoms with Crippen LogP contribution in [0.25, 0.3) is 10.9 Å². The predicted octanol–water partition coefficient (Wildman–Crippen LogP) is 6.15. The lowest BCUT2D eigenvalue weighted by Crippen LogP contribution is -2.16. The van der Waals surface area contributed by atoms with Gasteiger partial charge in [0.2, 0.25) is 0 Å². The topological polar surface area (TPSA) is 67.8 Å². The minimum atomic E-state index is 0.153. The third kappa shape index (κ3) is 5.88. The number of nitrogens with one attached hydrogen (secondary N) is 2. The Balaban J connectivity index is 1.51. The molecule has 33 heavy (non-hydrogen) atoms. The number of benzene rings is 3. The molecule has 164 valence electrons. The molecule has 0 spiro atoms. The normalized spacial score (nSPS) is 11.0. The Labute approximate surface area is 202 Å². The Bertz CT molecular complexity index is 1310. The zero-order valence-electron chi connectivity index (χ0n) is 17.7. The van der Waals surface area contributed by atoms with Crippen molar-refractivity contribution in [2.75, 3.05) is 10.6 Å². The smallest absolute Gasteiger partial charge is 0.293 e. The lowest BCUT2D eigenvalue weighted by Gasteiger charge is -2.13. The molecule has 0 aliphatic rings. The average Bonchev–Trinajstić information content (AvgIpc) is 2.84. The highest BCUT2D eigenvalue weighted by molar-refractivity contribution is 7.80. The highest BCUT2D eigenvalue weighted by Crippen LogP contribution is 2.28. The summed E-state index contributed by atoms with van der Waals surface area (Å²) in [5.41, 5.74) is 3.81. The molecule has 2 N–H and O–H groups in total. The molecule has 1 aromatic heterocycles. The molecular weight excluding hydrogens is 452 g/mol. The minimum absolute atomic E-state index is 0.153. The molecule has 0 fully saturated rings. The van der Waals surface area contributed by atoms with Crippen LogP contribution in [0.4, 0.5) is 11.4 Å². The largest absolute Gasteiger partial charge is 0.429 e. The van der Waals surface area contributed by atoms with Crippen LogP contribution < -0.4 is 15.4 Å². The third-order valence-corrected chi connectivity index (χ3v) is 4.99. The highest BCUT2D eigenvalue weighted by atomic mass is 32.1. The van der Waals surface area contributed by atoms with Crippen LogP contribution >= 0.6 is 24.4 Å². The van der Waals surface area contributed by atoms with E-state index in [2.05, 4.69) is 20.8 Å². The average molecular weight is 473 g/mol. The maximum atomic E-state index is 5.89. The molecule has 0 radical (unpaired) electrons. The van der Waals surface area contributed by atoms with Crippen molar-refractivity contribution in [1.29, 1.82) is 0 Å². The van der Waals surface area contributed by atoms with Gasteiger partial charge in [0.25, 0.3) is 10.3 Å². The first-order valence-electron chi connectivity index (χ1n) is 10.1. The predicted molar refractivity (Wildman–Crippen MR) is 141 cm³/mol. The van der Waals surface area contributed by atoms with Crippen molar-refractivity contribution >= 4 is 62.8 Å². The molecule has 4 rings (SSSR count). The number of oxime groups is 1. The van der Waals surface area contributed by atoms with Gasteiger partial charge in [0.15, 0.2) is 5.75 Å². The number of hydrogen-bond acceptors (Lipinski definition) is 6. The molecular formula is C25H20N4O2S2. The van der Waals surface area contributed by atoms with Crippen molar-refractivity contribution in [1.82, 2.24) is 4.98 Å². The van der Waals surface area contributed by atoms with Crippen LogP contribution in [0, 0.1) is 0 Å². The lowest BCUT2D eigenvalue weighted by molar-refractivity contribution is 0.336. The molecule has 0 bridgehead atoms. The van der Waals surface area contributed by atoms with Crippen LogP contribution in [0.2, 0.25) is 0 Å². The summed E-state index contributed by atoms with van der Waals surface area (Å²) in [4.78, 5) is 9.89. The van der Waals surface area contributed by atoms with E-state index < -0.39 is 0 Å². The van der Waals surface area contributed by atoms with E-state index >= 15 is 0 Å². The molecule has 0 saturated carbocycles. The summed E-state index contributed by atoms with van der Waals surface area (Å²) < 4.78 is 5.89. The van der Waals surface area contributed by atoms with E-state index in [4.69, 9.17) is 34.0 Å². The van der Waals surface area contributed by atoms with Crippen LogP contribution in [0.15, 0.2) is 96.3 Å². The number of hydrogen-bond donors (Lipinski definition) is 2. The Kier molecular flexibility index (Phi) is 7.19. The monoisotopic (exact) mass is 472 g/mol. The molecule has 8 heteroatoms. The SMILES string of the molecule is C/C(=N/OC(=S)Nc1ccccc1)c1ccc(OC(=S)Nc2ccccc2)c2ncccc12. The number of ether oxygens (including phenoxy) is 1. The summed E-state index contributed by atoms with van der Waals surface area (Å²) in [6.07, 6.45) is 1.70. The number of fused-ring (bicyclic) bond motifs is 1. The van der Waals surface area contributed by atoms with Gasteiger partial charge in [-0.05, 0) is 73.8 Å². The Morgan fingerprint density at radius 3 is 2.09 bits per heavy atom. The lowest BCUT2D eigenvalue weighted by atomic mass is 10.0. The van der Waals surface area contributed by atoms with Crippen molar-refractivity contribution in [3.05, 3.63) is 96.7 Å². The molecule has 0 aliphatic carbocycles. The van der Waals surface area contributed by atoms with Gasteiger partial charge < -0.3 is 20.2 Å². The van der Waals surface area contributed by atoms with Crippen molar-refractivity contribution < 1.29 is 9.57 Å². The van der Waals surface area contributed by atoms with E-state index in [9.17, 15) is 0 Å². The van der Waals surface area contributed by atoms with Crippen LogP contribution in [-0.2, 0) is 4.84 Å². The van der Waals surface area contributed by atoms with E-state index in [1.54, 1.807) is 6.20 Å². The van der Waals surface area contributed by atoms with Gasteiger partial charge in [0.05, 0.1) is 5.71 Å². The van der Waals surface area contributed by atoms with E-state index in [0.29, 0.717) is 17.0 Å². The zero-order valence-corrected chi connectivity index (χ0v) is 19.3. The van der Waals surface area contributed by atoms with Gasteiger partial charge in [-0.15, -0.1) is 0 Å². The first-order chi connectivity index (χ1) is 16.1.